The Morgan fingerprint density at radius 3 is 2.22 bits per heavy atom. The zero-order chi connectivity index (χ0) is 13.0. The standard InChI is InChI=1S/C17H18O/c1-13-8-6-7-11-16(13)17(12-14(2)18)15-9-4-3-5-10-15/h3-11,17H,12H2,1-2H3. The van der Waals surface area contributed by atoms with Crippen LogP contribution in [0.25, 0.3) is 0 Å². The quantitative estimate of drug-likeness (QED) is 0.783. The van der Waals surface area contributed by atoms with Crippen LogP contribution in [0.4, 0.5) is 0 Å². The van der Waals surface area contributed by atoms with E-state index in [1.54, 1.807) is 6.92 Å². The molecule has 0 aliphatic heterocycles. The minimum Gasteiger partial charge on any atom is -0.300 e. The first-order valence-electron chi connectivity index (χ1n) is 6.28. The van der Waals surface area contributed by atoms with Crippen LogP contribution in [0.2, 0.25) is 0 Å². The molecule has 1 heteroatoms. The number of aryl methyl sites for hydroxylation is 1. The van der Waals surface area contributed by atoms with E-state index in [2.05, 4.69) is 31.2 Å². The second kappa shape index (κ2) is 5.63. The van der Waals surface area contributed by atoms with Gasteiger partial charge in [0.15, 0.2) is 0 Å². The molecule has 0 amide bonds. The molecule has 2 aromatic rings. The number of Topliss-reactive ketones (excluding diaryl/α,β-unsaturated/α-hetero) is 1. The molecule has 2 aromatic carbocycles. The van der Waals surface area contributed by atoms with Gasteiger partial charge in [-0.1, -0.05) is 54.6 Å². The molecule has 0 fully saturated rings. The minimum atomic E-state index is 0.171. The third-order valence-corrected chi connectivity index (χ3v) is 3.26. The monoisotopic (exact) mass is 238 g/mol. The van der Waals surface area contributed by atoms with Crippen LogP contribution in [0, 0.1) is 6.92 Å². The minimum absolute atomic E-state index is 0.171. The van der Waals surface area contributed by atoms with Gasteiger partial charge < -0.3 is 0 Å². The molecule has 1 nitrogen and oxygen atoms in total. The predicted molar refractivity (Wildman–Crippen MR) is 74.8 cm³/mol. The van der Waals surface area contributed by atoms with E-state index in [0.29, 0.717) is 6.42 Å². The zero-order valence-corrected chi connectivity index (χ0v) is 10.9. The van der Waals surface area contributed by atoms with Crippen molar-refractivity contribution in [3.63, 3.8) is 0 Å². The number of benzene rings is 2. The Hall–Kier alpha value is -1.89. The SMILES string of the molecule is CC(=O)CC(c1ccccc1)c1ccccc1C. The smallest absolute Gasteiger partial charge is 0.130 e. The number of rotatable bonds is 4. The summed E-state index contributed by atoms with van der Waals surface area (Å²) in [6, 6.07) is 18.6. The van der Waals surface area contributed by atoms with Gasteiger partial charge in [0, 0.05) is 12.3 Å². The highest BCUT2D eigenvalue weighted by atomic mass is 16.1. The van der Waals surface area contributed by atoms with E-state index in [1.165, 1.54) is 16.7 Å². The fourth-order valence-corrected chi connectivity index (χ4v) is 2.36. The van der Waals surface area contributed by atoms with Crippen molar-refractivity contribution in [1.29, 1.82) is 0 Å². The summed E-state index contributed by atoms with van der Waals surface area (Å²) in [6.07, 6.45) is 0.564. The predicted octanol–water partition coefficient (Wildman–Crippen LogP) is 4.11. The highest BCUT2D eigenvalue weighted by Crippen LogP contribution is 2.30. The molecule has 0 radical (unpaired) electrons. The first-order valence-corrected chi connectivity index (χ1v) is 6.28. The van der Waals surface area contributed by atoms with E-state index in [4.69, 9.17) is 0 Å². The molecule has 0 aliphatic carbocycles. The zero-order valence-electron chi connectivity index (χ0n) is 10.9. The van der Waals surface area contributed by atoms with Crippen molar-refractivity contribution in [2.24, 2.45) is 0 Å². The molecule has 0 aromatic heterocycles. The Morgan fingerprint density at radius 2 is 1.61 bits per heavy atom. The number of carbonyl (C=O) groups excluding carboxylic acids is 1. The Balaban J connectivity index is 2.44. The van der Waals surface area contributed by atoms with E-state index < -0.39 is 0 Å². The lowest BCUT2D eigenvalue weighted by atomic mass is 9.85. The van der Waals surface area contributed by atoms with Gasteiger partial charge in [0.2, 0.25) is 0 Å². The van der Waals surface area contributed by atoms with Crippen LogP contribution in [0.15, 0.2) is 54.6 Å². The van der Waals surface area contributed by atoms with Crippen LogP contribution < -0.4 is 0 Å². The van der Waals surface area contributed by atoms with Crippen molar-refractivity contribution < 1.29 is 4.79 Å². The highest BCUT2D eigenvalue weighted by Gasteiger charge is 2.17. The van der Waals surface area contributed by atoms with E-state index in [0.717, 1.165) is 0 Å². The van der Waals surface area contributed by atoms with Crippen LogP contribution in [-0.4, -0.2) is 5.78 Å². The molecule has 0 saturated heterocycles. The molecular weight excluding hydrogens is 220 g/mol. The van der Waals surface area contributed by atoms with Gasteiger partial charge in [-0.25, -0.2) is 0 Å². The molecule has 18 heavy (non-hydrogen) atoms. The van der Waals surface area contributed by atoms with E-state index >= 15 is 0 Å². The average Bonchev–Trinajstić information content (AvgIpc) is 2.38. The summed E-state index contributed by atoms with van der Waals surface area (Å²) in [5.74, 6) is 0.400. The van der Waals surface area contributed by atoms with Gasteiger partial charge in [-0.2, -0.15) is 0 Å². The Labute approximate surface area is 108 Å². The maximum Gasteiger partial charge on any atom is 0.130 e. The molecular formula is C17H18O. The van der Waals surface area contributed by atoms with Crippen molar-refractivity contribution in [1.82, 2.24) is 0 Å². The molecule has 2 rings (SSSR count). The van der Waals surface area contributed by atoms with Gasteiger partial charge in [0.05, 0.1) is 0 Å². The summed E-state index contributed by atoms with van der Waals surface area (Å²) >= 11 is 0. The third-order valence-electron chi connectivity index (χ3n) is 3.26. The fraction of sp³-hybridized carbons (Fsp3) is 0.235. The molecule has 1 unspecified atom stereocenters. The lowest BCUT2D eigenvalue weighted by Gasteiger charge is -2.18. The number of ketones is 1. The molecule has 0 spiro atoms. The van der Waals surface area contributed by atoms with Crippen molar-refractivity contribution in [2.75, 3.05) is 0 Å². The Kier molecular flexibility index (Phi) is 3.93. The topological polar surface area (TPSA) is 17.1 Å². The first-order chi connectivity index (χ1) is 8.68. The van der Waals surface area contributed by atoms with Gasteiger partial charge in [-0.15, -0.1) is 0 Å². The Morgan fingerprint density at radius 1 is 1.00 bits per heavy atom. The summed E-state index contributed by atoms with van der Waals surface area (Å²) in [4.78, 5) is 11.5. The molecule has 0 bridgehead atoms. The van der Waals surface area contributed by atoms with Crippen LogP contribution in [-0.2, 0) is 4.79 Å². The largest absolute Gasteiger partial charge is 0.300 e. The van der Waals surface area contributed by atoms with Gasteiger partial charge in [-0.05, 0) is 30.5 Å². The first kappa shape index (κ1) is 12.6. The van der Waals surface area contributed by atoms with E-state index in [1.807, 2.05) is 30.3 Å². The van der Waals surface area contributed by atoms with Crippen molar-refractivity contribution in [3.8, 4) is 0 Å². The van der Waals surface area contributed by atoms with Crippen molar-refractivity contribution >= 4 is 5.78 Å². The van der Waals surface area contributed by atoms with Crippen LogP contribution in [0.5, 0.6) is 0 Å². The number of carbonyl (C=O) groups is 1. The van der Waals surface area contributed by atoms with Crippen LogP contribution in [0.3, 0.4) is 0 Å². The van der Waals surface area contributed by atoms with Gasteiger partial charge in [0.1, 0.15) is 5.78 Å². The van der Waals surface area contributed by atoms with E-state index in [-0.39, 0.29) is 11.7 Å². The van der Waals surface area contributed by atoms with Crippen molar-refractivity contribution in [3.05, 3.63) is 71.3 Å². The molecule has 0 aliphatic rings. The third kappa shape index (κ3) is 2.86. The summed E-state index contributed by atoms with van der Waals surface area (Å²) in [6.45, 7) is 3.76. The second-order valence-corrected chi connectivity index (χ2v) is 4.73. The Bertz CT molecular complexity index is 528. The van der Waals surface area contributed by atoms with Crippen LogP contribution in [0.1, 0.15) is 36.0 Å². The maximum atomic E-state index is 11.5. The van der Waals surface area contributed by atoms with E-state index in [9.17, 15) is 4.79 Å². The molecule has 0 N–H and O–H groups in total. The number of hydrogen-bond acceptors (Lipinski definition) is 1. The number of hydrogen-bond donors (Lipinski definition) is 0. The fourth-order valence-electron chi connectivity index (χ4n) is 2.36. The summed E-state index contributed by atoms with van der Waals surface area (Å²) in [5, 5.41) is 0. The summed E-state index contributed by atoms with van der Waals surface area (Å²) < 4.78 is 0. The normalized spacial score (nSPS) is 12.1. The second-order valence-electron chi connectivity index (χ2n) is 4.73. The van der Waals surface area contributed by atoms with Gasteiger partial charge in [0.25, 0.3) is 0 Å². The lowest BCUT2D eigenvalue weighted by molar-refractivity contribution is -0.117. The molecule has 0 saturated carbocycles. The van der Waals surface area contributed by atoms with Gasteiger partial charge in [-0.3, -0.25) is 4.79 Å². The molecule has 92 valence electrons. The highest BCUT2D eigenvalue weighted by molar-refractivity contribution is 5.77. The van der Waals surface area contributed by atoms with Crippen LogP contribution >= 0.6 is 0 Å². The maximum absolute atomic E-state index is 11.5. The lowest BCUT2D eigenvalue weighted by Crippen LogP contribution is -2.07. The van der Waals surface area contributed by atoms with Gasteiger partial charge >= 0.3 is 0 Å². The molecule has 0 heterocycles. The summed E-state index contributed by atoms with van der Waals surface area (Å²) in [5.41, 5.74) is 3.70. The summed E-state index contributed by atoms with van der Waals surface area (Å²) in [7, 11) is 0. The molecule has 1 atom stereocenters. The van der Waals surface area contributed by atoms with Crippen molar-refractivity contribution in [2.45, 2.75) is 26.2 Å². The average molecular weight is 238 g/mol.